The van der Waals surface area contributed by atoms with Crippen molar-refractivity contribution in [3.8, 4) is 11.1 Å². The largest absolute Gasteiger partial charge is 0.282 e. The van der Waals surface area contributed by atoms with Gasteiger partial charge in [-0.2, -0.15) is 0 Å². The predicted octanol–water partition coefficient (Wildman–Crippen LogP) is 6.16. The number of carbonyl (C=O) groups excluding carboxylic acids is 1. The molecule has 2 heterocycles. The van der Waals surface area contributed by atoms with E-state index in [1.807, 2.05) is 30.3 Å². The minimum Gasteiger partial charge on any atom is -0.282 e. The van der Waals surface area contributed by atoms with Gasteiger partial charge in [-0.25, -0.2) is 0 Å². The van der Waals surface area contributed by atoms with Crippen molar-refractivity contribution in [2.75, 3.05) is 13.1 Å². The highest BCUT2D eigenvalue weighted by Crippen LogP contribution is 2.70. The number of hydrogen-bond acceptors (Lipinski definition) is 3. The number of benzene rings is 3. The zero-order chi connectivity index (χ0) is 21.9. The quantitative estimate of drug-likeness (QED) is 0.446. The van der Waals surface area contributed by atoms with E-state index in [1.54, 1.807) is 11.9 Å². The van der Waals surface area contributed by atoms with E-state index in [9.17, 15) is 4.79 Å². The van der Waals surface area contributed by atoms with Gasteiger partial charge in [0.1, 0.15) is 6.17 Å². The monoisotopic (exact) mass is 440 g/mol. The Labute approximate surface area is 194 Å². The molecule has 32 heavy (non-hydrogen) atoms. The van der Waals surface area contributed by atoms with E-state index >= 15 is 0 Å². The number of nitrogens with zero attached hydrogens (tertiary/aromatic N) is 2. The Balaban J connectivity index is 1.58. The number of rotatable bonds is 2. The molecule has 2 saturated heterocycles. The lowest BCUT2D eigenvalue weighted by Crippen LogP contribution is -2.53. The topological polar surface area (TPSA) is 23.6 Å². The molecule has 0 N–H and O–H groups in total. The third-order valence-corrected chi connectivity index (χ3v) is 9.42. The van der Waals surface area contributed by atoms with Crippen LogP contribution in [0.5, 0.6) is 0 Å². The van der Waals surface area contributed by atoms with Crippen LogP contribution in [0.4, 0.5) is 0 Å². The summed E-state index contributed by atoms with van der Waals surface area (Å²) >= 11 is 1.75. The molecule has 6 rings (SSSR count). The Kier molecular flexibility index (Phi) is 4.53. The molecule has 0 bridgehead atoms. The molecular formula is C28H28N2OS. The van der Waals surface area contributed by atoms with Gasteiger partial charge in [-0.1, -0.05) is 80.6 Å². The summed E-state index contributed by atoms with van der Waals surface area (Å²) in [5.41, 5.74) is 5.86. The van der Waals surface area contributed by atoms with Gasteiger partial charge >= 0.3 is 0 Å². The smallest absolute Gasteiger partial charge is 0.265 e. The third-order valence-electron chi connectivity index (χ3n) is 7.62. The second-order valence-corrected chi connectivity index (χ2v) is 10.9. The van der Waals surface area contributed by atoms with Crippen LogP contribution in [0.25, 0.3) is 11.1 Å². The fourth-order valence-electron chi connectivity index (χ4n) is 6.23. The first-order valence-corrected chi connectivity index (χ1v) is 12.3. The lowest BCUT2D eigenvalue weighted by Gasteiger charge is -2.43. The maximum Gasteiger partial charge on any atom is 0.265 e. The van der Waals surface area contributed by atoms with E-state index in [1.165, 1.54) is 35.1 Å². The lowest BCUT2D eigenvalue weighted by molar-refractivity contribution is 0.0284. The molecule has 0 unspecified atom stereocenters. The predicted molar refractivity (Wildman–Crippen MR) is 131 cm³/mol. The Hall–Kier alpha value is -2.56. The third kappa shape index (κ3) is 2.57. The van der Waals surface area contributed by atoms with E-state index in [2.05, 4.69) is 71.6 Å². The number of hydrogen-bond donors (Lipinski definition) is 0. The van der Waals surface area contributed by atoms with E-state index < -0.39 is 0 Å². The summed E-state index contributed by atoms with van der Waals surface area (Å²) < 4.78 is 1.80. The number of likely N-dealkylation sites (tertiary alicyclic amines) is 1. The summed E-state index contributed by atoms with van der Waals surface area (Å²) in [6.45, 7) is 6.85. The van der Waals surface area contributed by atoms with Gasteiger partial charge in [0, 0.05) is 24.1 Å². The maximum absolute atomic E-state index is 13.9. The first-order chi connectivity index (χ1) is 15.6. The molecule has 0 radical (unpaired) electrons. The molecule has 1 amide bonds. The van der Waals surface area contributed by atoms with Crippen molar-refractivity contribution in [3.63, 3.8) is 0 Å². The molecule has 0 aromatic heterocycles. The van der Waals surface area contributed by atoms with Crippen molar-refractivity contribution >= 4 is 17.9 Å². The molecule has 3 aromatic carbocycles. The highest BCUT2D eigenvalue weighted by Gasteiger charge is 2.66. The van der Waals surface area contributed by atoms with Crippen LogP contribution in [0.2, 0.25) is 0 Å². The van der Waals surface area contributed by atoms with Crippen LogP contribution in [0.15, 0.2) is 78.9 Å². The molecule has 1 atom stereocenters. The summed E-state index contributed by atoms with van der Waals surface area (Å²) in [6, 6.07) is 27.4. The van der Waals surface area contributed by atoms with E-state index in [0.717, 1.165) is 18.7 Å². The van der Waals surface area contributed by atoms with Crippen LogP contribution in [0, 0.1) is 5.41 Å². The van der Waals surface area contributed by atoms with Gasteiger partial charge in [0.15, 0.2) is 0 Å². The van der Waals surface area contributed by atoms with Crippen LogP contribution in [-0.4, -0.2) is 34.4 Å². The van der Waals surface area contributed by atoms with Crippen molar-refractivity contribution in [1.82, 2.24) is 9.21 Å². The molecule has 162 valence electrons. The van der Waals surface area contributed by atoms with Gasteiger partial charge in [-0.15, -0.1) is 0 Å². The van der Waals surface area contributed by atoms with Crippen molar-refractivity contribution < 1.29 is 4.79 Å². The first-order valence-electron chi connectivity index (χ1n) is 11.6. The average Bonchev–Trinajstić information content (AvgIpc) is 3.50. The molecule has 4 heteroatoms. The average molecular weight is 441 g/mol. The molecule has 3 aliphatic rings. The number of amides is 1. The molecule has 1 aliphatic carbocycles. The maximum atomic E-state index is 13.9. The summed E-state index contributed by atoms with van der Waals surface area (Å²) in [7, 11) is 0. The minimum absolute atomic E-state index is 0.0296. The van der Waals surface area contributed by atoms with Crippen LogP contribution in [-0.2, 0) is 4.75 Å². The van der Waals surface area contributed by atoms with E-state index in [0.29, 0.717) is 0 Å². The van der Waals surface area contributed by atoms with Gasteiger partial charge in [0.05, 0.1) is 4.75 Å². The highest BCUT2D eigenvalue weighted by atomic mass is 32.2. The molecule has 1 spiro atoms. The standard InChI is InChI=1S/C28H28N2OS/c1-27(2)26(29-18-10-11-19-29)30(25(31)20-12-4-3-5-13-20)32-28(27)23-16-8-6-14-21(23)22-15-7-9-17-24(22)28/h3-9,12-17,26H,10-11,18-19H2,1-2H3/t26-/m1/s1. The molecule has 3 aromatic rings. The Morgan fingerprint density at radius 1 is 0.812 bits per heavy atom. The lowest BCUT2D eigenvalue weighted by atomic mass is 9.70. The molecule has 2 aliphatic heterocycles. The molecule has 0 saturated carbocycles. The summed E-state index contributed by atoms with van der Waals surface area (Å²) in [5.74, 6) is 0.110. The van der Waals surface area contributed by atoms with Gasteiger partial charge in [-0.05, 0) is 59.2 Å². The molecular weight excluding hydrogens is 412 g/mol. The van der Waals surface area contributed by atoms with Gasteiger partial charge < -0.3 is 0 Å². The molecule has 3 nitrogen and oxygen atoms in total. The Morgan fingerprint density at radius 3 is 1.94 bits per heavy atom. The normalized spacial score (nSPS) is 22.8. The van der Waals surface area contributed by atoms with Crippen LogP contribution >= 0.6 is 11.9 Å². The van der Waals surface area contributed by atoms with E-state index in [4.69, 9.17) is 0 Å². The second-order valence-electron chi connectivity index (χ2n) is 9.70. The fraction of sp³-hybridized carbons (Fsp3) is 0.321. The molecule has 2 fully saturated rings. The van der Waals surface area contributed by atoms with Gasteiger partial charge in [0.2, 0.25) is 0 Å². The van der Waals surface area contributed by atoms with Gasteiger partial charge in [-0.3, -0.25) is 14.0 Å². The summed E-state index contributed by atoms with van der Waals surface area (Å²) in [4.78, 5) is 16.5. The van der Waals surface area contributed by atoms with Crippen LogP contribution < -0.4 is 0 Å². The minimum atomic E-state index is -0.308. The van der Waals surface area contributed by atoms with Crippen molar-refractivity contribution in [1.29, 1.82) is 0 Å². The van der Waals surface area contributed by atoms with Crippen LogP contribution in [0.3, 0.4) is 0 Å². The Morgan fingerprint density at radius 2 is 1.34 bits per heavy atom. The second kappa shape index (κ2) is 7.23. The zero-order valence-electron chi connectivity index (χ0n) is 18.6. The zero-order valence-corrected chi connectivity index (χ0v) is 19.4. The van der Waals surface area contributed by atoms with Crippen molar-refractivity contribution in [2.24, 2.45) is 5.41 Å². The van der Waals surface area contributed by atoms with Gasteiger partial charge in [0.25, 0.3) is 5.91 Å². The number of carbonyl (C=O) groups is 1. The van der Waals surface area contributed by atoms with E-state index in [-0.39, 0.29) is 22.2 Å². The first kappa shape index (κ1) is 20.1. The summed E-state index contributed by atoms with van der Waals surface area (Å²) in [5, 5.41) is 0. The van der Waals surface area contributed by atoms with Crippen LogP contribution in [0.1, 0.15) is 48.2 Å². The number of fused-ring (bicyclic) bond motifs is 5. The van der Waals surface area contributed by atoms with Crippen molar-refractivity contribution in [3.05, 3.63) is 95.6 Å². The van der Waals surface area contributed by atoms with Crippen molar-refractivity contribution in [2.45, 2.75) is 37.6 Å². The SMILES string of the molecule is CC1(C)[C@H](N2CCCC2)N(C(=O)c2ccccc2)SC12c1ccccc1-c1ccccc12. The fourth-order valence-corrected chi connectivity index (χ4v) is 8.10. The highest BCUT2D eigenvalue weighted by molar-refractivity contribution is 7.99. The Bertz CT molecular complexity index is 1140. The summed E-state index contributed by atoms with van der Waals surface area (Å²) in [6.07, 6.45) is 2.43.